The van der Waals surface area contributed by atoms with Gasteiger partial charge in [-0.2, -0.15) is 0 Å². The van der Waals surface area contributed by atoms with Crippen LogP contribution in [0, 0.1) is 0 Å². The van der Waals surface area contributed by atoms with Crippen molar-refractivity contribution in [1.82, 2.24) is 19.8 Å². The van der Waals surface area contributed by atoms with E-state index in [0.717, 1.165) is 67.1 Å². The Bertz CT molecular complexity index is 1020. The highest BCUT2D eigenvalue weighted by molar-refractivity contribution is 5.93. The lowest BCUT2D eigenvalue weighted by molar-refractivity contribution is 0.141. The van der Waals surface area contributed by atoms with Crippen LogP contribution in [0.3, 0.4) is 0 Å². The Kier molecular flexibility index (Phi) is 5.22. The van der Waals surface area contributed by atoms with Crippen molar-refractivity contribution in [3.05, 3.63) is 54.6 Å². The second-order valence-corrected chi connectivity index (χ2v) is 8.06. The Morgan fingerprint density at radius 1 is 0.700 bits per heavy atom. The summed E-state index contributed by atoms with van der Waals surface area (Å²) in [4.78, 5) is 28.8. The minimum absolute atomic E-state index is 0.193. The summed E-state index contributed by atoms with van der Waals surface area (Å²) in [5.74, 6) is 0.748. The monoisotopic (exact) mass is 401 g/mol. The molecule has 0 atom stereocenters. The zero-order valence-corrected chi connectivity index (χ0v) is 17.2. The Hall–Kier alpha value is -3.15. The van der Waals surface area contributed by atoms with Crippen molar-refractivity contribution in [2.45, 2.75) is 19.3 Å². The molecule has 5 rings (SSSR count). The molecule has 2 aliphatic heterocycles. The molecule has 0 radical (unpaired) electrons. The molecule has 2 saturated heterocycles. The number of rotatable bonds is 2. The summed E-state index contributed by atoms with van der Waals surface area (Å²) >= 11 is 0. The number of amides is 2. The molecule has 6 nitrogen and oxygen atoms in total. The number of fused-ring (bicyclic) bond motifs is 1. The molecule has 2 fully saturated rings. The fourth-order valence-corrected chi connectivity index (χ4v) is 4.40. The standard InChI is InChI=1S/C24H27N5O/c30-24(28-13-7-2-8-14-28)29-17-15-27(16-18-29)23-25-21-12-6-5-11-20(21)22(26-23)19-9-3-1-4-10-19/h1,3-6,9-12H,2,7-8,13-18H2. The number of nitrogens with zero attached hydrogens (tertiary/aromatic N) is 5. The van der Waals surface area contributed by atoms with Crippen molar-refractivity contribution in [1.29, 1.82) is 0 Å². The lowest BCUT2D eigenvalue weighted by Gasteiger charge is -2.38. The first-order valence-electron chi connectivity index (χ1n) is 10.9. The maximum absolute atomic E-state index is 12.8. The van der Waals surface area contributed by atoms with Crippen LogP contribution in [0.25, 0.3) is 22.2 Å². The summed E-state index contributed by atoms with van der Waals surface area (Å²) in [6.07, 6.45) is 3.48. The second-order valence-electron chi connectivity index (χ2n) is 8.06. The third-order valence-electron chi connectivity index (χ3n) is 6.10. The van der Waals surface area contributed by atoms with Crippen molar-refractivity contribution in [2.24, 2.45) is 0 Å². The molecule has 3 aromatic rings. The van der Waals surface area contributed by atoms with Gasteiger partial charge in [0, 0.05) is 50.2 Å². The molecule has 2 aliphatic rings. The van der Waals surface area contributed by atoms with Gasteiger partial charge in [-0.3, -0.25) is 0 Å². The normalized spacial score (nSPS) is 17.4. The number of anilines is 1. The Balaban J connectivity index is 1.38. The Morgan fingerprint density at radius 2 is 1.37 bits per heavy atom. The molecule has 2 amide bonds. The minimum atomic E-state index is 0.193. The van der Waals surface area contributed by atoms with Gasteiger partial charge in [-0.1, -0.05) is 48.5 Å². The lowest BCUT2D eigenvalue weighted by atomic mass is 10.1. The van der Waals surface area contributed by atoms with Gasteiger partial charge in [0.15, 0.2) is 0 Å². The van der Waals surface area contributed by atoms with E-state index in [-0.39, 0.29) is 6.03 Å². The van der Waals surface area contributed by atoms with E-state index in [1.807, 2.05) is 46.2 Å². The van der Waals surface area contributed by atoms with E-state index in [2.05, 4.69) is 23.1 Å². The smallest absolute Gasteiger partial charge is 0.320 e. The number of benzene rings is 2. The molecule has 30 heavy (non-hydrogen) atoms. The van der Waals surface area contributed by atoms with E-state index in [1.165, 1.54) is 6.42 Å². The molecule has 0 saturated carbocycles. The molecule has 0 aliphatic carbocycles. The van der Waals surface area contributed by atoms with Crippen LogP contribution in [0.5, 0.6) is 0 Å². The van der Waals surface area contributed by atoms with E-state index < -0.39 is 0 Å². The average Bonchev–Trinajstić information content (AvgIpc) is 2.84. The van der Waals surface area contributed by atoms with Gasteiger partial charge < -0.3 is 14.7 Å². The van der Waals surface area contributed by atoms with Crippen LogP contribution in [0.1, 0.15) is 19.3 Å². The van der Waals surface area contributed by atoms with E-state index >= 15 is 0 Å². The molecule has 154 valence electrons. The first kappa shape index (κ1) is 18.9. The molecular formula is C24H27N5O. The summed E-state index contributed by atoms with van der Waals surface area (Å²) < 4.78 is 0. The fraction of sp³-hybridized carbons (Fsp3) is 0.375. The van der Waals surface area contributed by atoms with Crippen LogP contribution < -0.4 is 4.90 Å². The third-order valence-corrected chi connectivity index (χ3v) is 6.10. The van der Waals surface area contributed by atoms with Crippen LogP contribution in [0.2, 0.25) is 0 Å². The number of aromatic nitrogens is 2. The average molecular weight is 402 g/mol. The number of para-hydroxylation sites is 1. The number of carbonyl (C=O) groups is 1. The molecule has 3 heterocycles. The molecule has 0 N–H and O–H groups in total. The predicted octanol–water partition coefficient (Wildman–Crippen LogP) is 4.02. The predicted molar refractivity (Wildman–Crippen MR) is 120 cm³/mol. The second kappa shape index (κ2) is 8.30. The van der Waals surface area contributed by atoms with Crippen LogP contribution in [0.4, 0.5) is 10.7 Å². The topological polar surface area (TPSA) is 52.6 Å². The molecule has 2 aromatic carbocycles. The zero-order valence-electron chi connectivity index (χ0n) is 17.2. The first-order chi connectivity index (χ1) is 14.8. The van der Waals surface area contributed by atoms with Crippen LogP contribution >= 0.6 is 0 Å². The summed E-state index contributed by atoms with van der Waals surface area (Å²) in [6, 6.07) is 18.6. The summed E-state index contributed by atoms with van der Waals surface area (Å²) in [5.41, 5.74) is 3.01. The van der Waals surface area contributed by atoms with Gasteiger partial charge in [-0.15, -0.1) is 0 Å². The number of hydrogen-bond donors (Lipinski definition) is 0. The van der Waals surface area contributed by atoms with Crippen LogP contribution in [0.15, 0.2) is 54.6 Å². The van der Waals surface area contributed by atoms with Gasteiger partial charge in [0.2, 0.25) is 5.95 Å². The first-order valence-corrected chi connectivity index (χ1v) is 10.9. The highest BCUT2D eigenvalue weighted by Crippen LogP contribution is 2.28. The highest BCUT2D eigenvalue weighted by atomic mass is 16.2. The summed E-state index contributed by atoms with van der Waals surface area (Å²) in [6.45, 7) is 4.73. The molecule has 0 spiro atoms. The molecule has 1 aromatic heterocycles. The number of hydrogen-bond acceptors (Lipinski definition) is 4. The molecule has 0 unspecified atom stereocenters. The number of urea groups is 1. The SMILES string of the molecule is O=C(N1CCCCC1)N1CCN(c2nc(-c3ccccc3)c3ccccc3n2)CC1. The fourth-order valence-electron chi connectivity index (χ4n) is 4.40. The van der Waals surface area contributed by atoms with Crippen LogP contribution in [-0.4, -0.2) is 65.1 Å². The van der Waals surface area contributed by atoms with Gasteiger partial charge in [-0.25, -0.2) is 14.8 Å². The largest absolute Gasteiger partial charge is 0.337 e. The van der Waals surface area contributed by atoms with Crippen LogP contribution in [-0.2, 0) is 0 Å². The van der Waals surface area contributed by atoms with E-state index in [9.17, 15) is 4.79 Å². The highest BCUT2D eigenvalue weighted by Gasteiger charge is 2.27. The van der Waals surface area contributed by atoms with Crippen molar-refractivity contribution in [3.8, 4) is 11.3 Å². The summed E-state index contributed by atoms with van der Waals surface area (Å²) in [5, 5.41) is 1.06. The molecular weight excluding hydrogens is 374 g/mol. The van der Waals surface area contributed by atoms with Gasteiger partial charge >= 0.3 is 6.03 Å². The maximum atomic E-state index is 12.8. The van der Waals surface area contributed by atoms with Gasteiger partial charge in [0.1, 0.15) is 0 Å². The van der Waals surface area contributed by atoms with Crippen molar-refractivity contribution in [2.75, 3.05) is 44.2 Å². The molecule has 0 bridgehead atoms. The van der Waals surface area contributed by atoms with Crippen molar-refractivity contribution >= 4 is 22.9 Å². The Morgan fingerprint density at radius 3 is 2.13 bits per heavy atom. The number of piperidine rings is 1. The van der Waals surface area contributed by atoms with Gasteiger partial charge in [0.05, 0.1) is 11.2 Å². The van der Waals surface area contributed by atoms with E-state index in [1.54, 1.807) is 0 Å². The maximum Gasteiger partial charge on any atom is 0.320 e. The van der Waals surface area contributed by atoms with Gasteiger partial charge in [0.25, 0.3) is 0 Å². The van der Waals surface area contributed by atoms with E-state index in [4.69, 9.17) is 9.97 Å². The Labute approximate surface area is 177 Å². The van der Waals surface area contributed by atoms with E-state index in [0.29, 0.717) is 13.1 Å². The van der Waals surface area contributed by atoms with Crippen molar-refractivity contribution < 1.29 is 4.79 Å². The zero-order chi connectivity index (χ0) is 20.3. The third kappa shape index (κ3) is 3.70. The molecule has 6 heteroatoms. The number of carbonyl (C=O) groups excluding carboxylic acids is 1. The number of piperazine rings is 1. The minimum Gasteiger partial charge on any atom is -0.337 e. The summed E-state index contributed by atoms with van der Waals surface area (Å²) in [7, 11) is 0. The van der Waals surface area contributed by atoms with Gasteiger partial charge in [-0.05, 0) is 25.3 Å². The number of likely N-dealkylation sites (tertiary alicyclic amines) is 1. The van der Waals surface area contributed by atoms with Crippen molar-refractivity contribution in [3.63, 3.8) is 0 Å². The lowest BCUT2D eigenvalue weighted by Crippen LogP contribution is -2.54. The quantitative estimate of drug-likeness (QED) is 0.651.